The Morgan fingerprint density at radius 3 is 2.29 bits per heavy atom. The maximum absolute atomic E-state index is 11.9. The van der Waals surface area contributed by atoms with E-state index in [1.54, 1.807) is 31.2 Å². The Bertz CT molecular complexity index is 460. The highest BCUT2D eigenvalue weighted by molar-refractivity contribution is 5.92. The summed E-state index contributed by atoms with van der Waals surface area (Å²) < 4.78 is 4.78. The van der Waals surface area contributed by atoms with Crippen LogP contribution in [-0.2, 0) is 9.53 Å². The molecule has 6 heteroatoms. The third-order valence-electron chi connectivity index (χ3n) is 2.96. The first kappa shape index (κ1) is 17.0. The summed E-state index contributed by atoms with van der Waals surface area (Å²) in [5.74, 6) is -0.111. The Hall–Kier alpha value is -2.08. The SMILES string of the molecule is CCOC(=O)Nc1ccc(NC(=O)C(C)CCCN)cc1. The number of amides is 2. The molecule has 21 heavy (non-hydrogen) atoms. The predicted octanol–water partition coefficient (Wildman–Crippen LogP) is 2.57. The molecule has 0 bridgehead atoms. The van der Waals surface area contributed by atoms with Crippen molar-refractivity contribution in [2.75, 3.05) is 23.8 Å². The molecule has 2 amide bonds. The molecular weight excluding hydrogens is 270 g/mol. The second-order valence-electron chi connectivity index (χ2n) is 4.74. The molecule has 1 unspecified atom stereocenters. The van der Waals surface area contributed by atoms with Crippen LogP contribution in [-0.4, -0.2) is 25.2 Å². The first-order valence-corrected chi connectivity index (χ1v) is 7.11. The zero-order valence-electron chi connectivity index (χ0n) is 12.5. The lowest BCUT2D eigenvalue weighted by atomic mass is 10.0. The van der Waals surface area contributed by atoms with Crippen molar-refractivity contribution in [1.82, 2.24) is 0 Å². The van der Waals surface area contributed by atoms with Gasteiger partial charge in [-0.3, -0.25) is 10.1 Å². The number of carbonyl (C=O) groups excluding carboxylic acids is 2. The fourth-order valence-electron chi connectivity index (χ4n) is 1.74. The van der Waals surface area contributed by atoms with Gasteiger partial charge >= 0.3 is 6.09 Å². The van der Waals surface area contributed by atoms with Crippen LogP contribution in [0.25, 0.3) is 0 Å². The molecule has 1 aromatic rings. The minimum Gasteiger partial charge on any atom is -0.450 e. The summed E-state index contributed by atoms with van der Waals surface area (Å²) in [7, 11) is 0. The fourth-order valence-corrected chi connectivity index (χ4v) is 1.74. The number of benzene rings is 1. The van der Waals surface area contributed by atoms with Crippen LogP contribution >= 0.6 is 0 Å². The van der Waals surface area contributed by atoms with Gasteiger partial charge in [0.25, 0.3) is 0 Å². The minimum absolute atomic E-state index is 0.0328. The van der Waals surface area contributed by atoms with Crippen LogP contribution in [0, 0.1) is 5.92 Å². The number of ether oxygens (including phenoxy) is 1. The molecule has 4 N–H and O–H groups in total. The fraction of sp³-hybridized carbons (Fsp3) is 0.467. The summed E-state index contributed by atoms with van der Waals surface area (Å²) >= 11 is 0. The molecule has 1 atom stereocenters. The number of hydrogen-bond donors (Lipinski definition) is 3. The van der Waals surface area contributed by atoms with Crippen LogP contribution in [0.1, 0.15) is 26.7 Å². The van der Waals surface area contributed by atoms with E-state index in [9.17, 15) is 9.59 Å². The van der Waals surface area contributed by atoms with E-state index in [0.717, 1.165) is 12.8 Å². The first-order chi connectivity index (χ1) is 10.1. The molecule has 0 saturated carbocycles. The van der Waals surface area contributed by atoms with Gasteiger partial charge in [-0.05, 0) is 50.6 Å². The van der Waals surface area contributed by atoms with Crippen LogP contribution in [0.5, 0.6) is 0 Å². The van der Waals surface area contributed by atoms with Gasteiger partial charge in [0.2, 0.25) is 5.91 Å². The second kappa shape index (κ2) is 8.97. The van der Waals surface area contributed by atoms with Crippen molar-refractivity contribution in [3.63, 3.8) is 0 Å². The van der Waals surface area contributed by atoms with Crippen molar-refractivity contribution >= 4 is 23.4 Å². The number of nitrogens with one attached hydrogen (secondary N) is 2. The highest BCUT2D eigenvalue weighted by Crippen LogP contribution is 2.15. The Morgan fingerprint density at radius 1 is 1.19 bits per heavy atom. The maximum Gasteiger partial charge on any atom is 0.411 e. The molecule has 0 aliphatic rings. The smallest absolute Gasteiger partial charge is 0.411 e. The summed E-state index contributed by atoms with van der Waals surface area (Å²) in [5, 5.41) is 5.42. The van der Waals surface area contributed by atoms with E-state index in [-0.39, 0.29) is 11.8 Å². The largest absolute Gasteiger partial charge is 0.450 e. The summed E-state index contributed by atoms with van der Waals surface area (Å²) in [6.45, 7) is 4.53. The Morgan fingerprint density at radius 2 is 1.76 bits per heavy atom. The number of carbonyl (C=O) groups is 2. The van der Waals surface area contributed by atoms with Crippen LogP contribution in [0.2, 0.25) is 0 Å². The number of anilines is 2. The van der Waals surface area contributed by atoms with Crippen molar-refractivity contribution < 1.29 is 14.3 Å². The van der Waals surface area contributed by atoms with Gasteiger partial charge in [-0.2, -0.15) is 0 Å². The third kappa shape index (κ3) is 6.27. The van der Waals surface area contributed by atoms with Crippen LogP contribution < -0.4 is 16.4 Å². The zero-order valence-corrected chi connectivity index (χ0v) is 12.5. The van der Waals surface area contributed by atoms with Crippen LogP contribution in [0.3, 0.4) is 0 Å². The van der Waals surface area contributed by atoms with Gasteiger partial charge in [0.15, 0.2) is 0 Å². The van der Waals surface area contributed by atoms with E-state index in [1.807, 2.05) is 6.92 Å². The molecule has 0 aliphatic heterocycles. The van der Waals surface area contributed by atoms with Crippen molar-refractivity contribution in [3.05, 3.63) is 24.3 Å². The average molecular weight is 293 g/mol. The summed E-state index contributed by atoms with van der Waals surface area (Å²) in [5.41, 5.74) is 6.73. The maximum atomic E-state index is 11.9. The standard InChI is InChI=1S/C15H23N3O3/c1-3-21-15(20)18-13-8-6-12(7-9-13)17-14(19)11(2)5-4-10-16/h6-9,11H,3-5,10,16H2,1-2H3,(H,17,19)(H,18,20). The predicted molar refractivity (Wildman–Crippen MR) is 83.2 cm³/mol. The minimum atomic E-state index is -0.496. The van der Waals surface area contributed by atoms with Crippen LogP contribution in [0.15, 0.2) is 24.3 Å². The van der Waals surface area contributed by atoms with Crippen molar-refractivity contribution in [2.24, 2.45) is 11.7 Å². The summed E-state index contributed by atoms with van der Waals surface area (Å²) in [6.07, 6.45) is 1.10. The van der Waals surface area contributed by atoms with E-state index < -0.39 is 6.09 Å². The summed E-state index contributed by atoms with van der Waals surface area (Å²) in [6, 6.07) is 6.87. The Labute approximate surface area is 125 Å². The summed E-state index contributed by atoms with van der Waals surface area (Å²) in [4.78, 5) is 23.2. The van der Waals surface area contributed by atoms with Crippen LogP contribution in [0.4, 0.5) is 16.2 Å². The first-order valence-electron chi connectivity index (χ1n) is 7.11. The third-order valence-corrected chi connectivity index (χ3v) is 2.96. The van der Waals surface area contributed by atoms with Gasteiger partial charge in [0.05, 0.1) is 6.61 Å². The molecule has 116 valence electrons. The van der Waals surface area contributed by atoms with Crippen molar-refractivity contribution in [1.29, 1.82) is 0 Å². The number of rotatable bonds is 7. The lowest BCUT2D eigenvalue weighted by Crippen LogP contribution is -2.21. The Balaban J connectivity index is 2.50. The van der Waals surface area contributed by atoms with Gasteiger partial charge in [-0.25, -0.2) is 4.79 Å². The molecule has 0 fully saturated rings. The molecular formula is C15H23N3O3. The zero-order chi connectivity index (χ0) is 15.7. The van der Waals surface area contributed by atoms with Gasteiger partial charge in [0.1, 0.15) is 0 Å². The topological polar surface area (TPSA) is 93.5 Å². The normalized spacial score (nSPS) is 11.6. The molecule has 0 aliphatic carbocycles. The van der Waals surface area contributed by atoms with E-state index in [4.69, 9.17) is 10.5 Å². The van der Waals surface area contributed by atoms with Gasteiger partial charge in [-0.1, -0.05) is 6.92 Å². The average Bonchev–Trinajstić information content (AvgIpc) is 2.47. The number of hydrogen-bond acceptors (Lipinski definition) is 4. The molecule has 1 rings (SSSR count). The van der Waals surface area contributed by atoms with Gasteiger partial charge in [0, 0.05) is 17.3 Å². The van der Waals surface area contributed by atoms with E-state index in [0.29, 0.717) is 24.5 Å². The van der Waals surface area contributed by atoms with Gasteiger partial charge < -0.3 is 15.8 Å². The molecule has 1 aromatic carbocycles. The quantitative estimate of drug-likeness (QED) is 0.720. The number of nitrogens with two attached hydrogens (primary N) is 1. The lowest BCUT2D eigenvalue weighted by molar-refractivity contribution is -0.119. The highest BCUT2D eigenvalue weighted by Gasteiger charge is 2.12. The molecule has 0 aromatic heterocycles. The molecule has 0 saturated heterocycles. The van der Waals surface area contributed by atoms with E-state index in [2.05, 4.69) is 10.6 Å². The van der Waals surface area contributed by atoms with E-state index >= 15 is 0 Å². The lowest BCUT2D eigenvalue weighted by Gasteiger charge is -2.12. The van der Waals surface area contributed by atoms with Gasteiger partial charge in [-0.15, -0.1) is 0 Å². The monoisotopic (exact) mass is 293 g/mol. The molecule has 6 nitrogen and oxygen atoms in total. The highest BCUT2D eigenvalue weighted by atomic mass is 16.5. The molecule has 0 spiro atoms. The van der Waals surface area contributed by atoms with Crippen molar-refractivity contribution in [3.8, 4) is 0 Å². The molecule has 0 radical (unpaired) electrons. The molecule has 0 heterocycles. The van der Waals surface area contributed by atoms with Crippen molar-refractivity contribution in [2.45, 2.75) is 26.7 Å². The second-order valence-corrected chi connectivity index (χ2v) is 4.74. The Kier molecular flexibility index (Phi) is 7.25. The van der Waals surface area contributed by atoms with E-state index in [1.165, 1.54) is 0 Å².